The summed E-state index contributed by atoms with van der Waals surface area (Å²) in [4.78, 5) is 8.56. The summed E-state index contributed by atoms with van der Waals surface area (Å²) in [7, 11) is 0. The zero-order chi connectivity index (χ0) is 14.3. The first-order chi connectivity index (χ1) is 9.60. The van der Waals surface area contributed by atoms with Gasteiger partial charge < -0.3 is 0 Å². The maximum Gasteiger partial charge on any atom is 0.255 e. The van der Waals surface area contributed by atoms with Crippen LogP contribution >= 0.6 is 23.2 Å². The number of fused-ring (bicyclic) bond motifs is 1. The van der Waals surface area contributed by atoms with Crippen LogP contribution in [-0.2, 0) is 6.42 Å². The number of hydrogen-bond acceptors (Lipinski definition) is 3. The van der Waals surface area contributed by atoms with Crippen molar-refractivity contribution in [3.05, 3.63) is 46.0 Å². The minimum absolute atomic E-state index is 0.336. The Bertz CT molecular complexity index is 795. The fraction of sp³-hybridized carbons (Fsp3) is 0.214. The van der Waals surface area contributed by atoms with Crippen molar-refractivity contribution in [1.82, 2.24) is 19.6 Å². The third-order valence-electron chi connectivity index (χ3n) is 3.05. The van der Waals surface area contributed by atoms with E-state index in [1.165, 1.54) is 4.52 Å². The first-order valence-corrected chi connectivity index (χ1v) is 7.03. The summed E-state index contributed by atoms with van der Waals surface area (Å²) in [6, 6.07) is 7.94. The zero-order valence-electron chi connectivity index (χ0n) is 11.1. The lowest BCUT2D eigenvalue weighted by Gasteiger charge is -2.08. The van der Waals surface area contributed by atoms with E-state index in [0.717, 1.165) is 17.5 Å². The van der Waals surface area contributed by atoms with E-state index in [1.807, 2.05) is 38.1 Å². The van der Waals surface area contributed by atoms with Crippen molar-refractivity contribution in [3.8, 4) is 11.1 Å². The number of benzene rings is 1. The van der Waals surface area contributed by atoms with Gasteiger partial charge >= 0.3 is 0 Å². The average molecular weight is 307 g/mol. The Balaban J connectivity index is 2.30. The van der Waals surface area contributed by atoms with Crippen LogP contribution in [0.15, 0.2) is 24.3 Å². The van der Waals surface area contributed by atoms with Crippen LogP contribution in [0.3, 0.4) is 0 Å². The van der Waals surface area contributed by atoms with E-state index in [4.69, 9.17) is 23.2 Å². The van der Waals surface area contributed by atoms with E-state index in [1.54, 1.807) is 0 Å². The second-order valence-corrected chi connectivity index (χ2v) is 5.25. The molecule has 1 aromatic carbocycles. The highest BCUT2D eigenvalue weighted by atomic mass is 35.5. The second kappa shape index (κ2) is 5.04. The van der Waals surface area contributed by atoms with Crippen LogP contribution in [0, 0.1) is 6.92 Å². The molecule has 0 saturated carbocycles. The fourth-order valence-corrected chi connectivity index (χ4v) is 2.71. The molecular weight excluding hydrogens is 295 g/mol. The van der Waals surface area contributed by atoms with Crippen LogP contribution in [0.2, 0.25) is 10.3 Å². The highest BCUT2D eigenvalue weighted by molar-refractivity contribution is 6.38. The molecular formula is C14H12Cl2N4. The van der Waals surface area contributed by atoms with Gasteiger partial charge in [0.1, 0.15) is 10.3 Å². The molecule has 102 valence electrons. The third kappa shape index (κ3) is 2.15. The number of halogens is 2. The van der Waals surface area contributed by atoms with Crippen LogP contribution in [0.4, 0.5) is 0 Å². The fourth-order valence-electron chi connectivity index (χ4n) is 2.07. The van der Waals surface area contributed by atoms with Gasteiger partial charge in [0.25, 0.3) is 5.78 Å². The van der Waals surface area contributed by atoms with Gasteiger partial charge in [0.05, 0.1) is 5.56 Å². The molecule has 0 bridgehead atoms. The molecule has 0 atom stereocenters. The Kier molecular flexibility index (Phi) is 3.36. The van der Waals surface area contributed by atoms with Gasteiger partial charge in [0.15, 0.2) is 5.82 Å². The van der Waals surface area contributed by atoms with Crippen LogP contribution in [-0.4, -0.2) is 19.6 Å². The van der Waals surface area contributed by atoms with E-state index >= 15 is 0 Å². The highest BCUT2D eigenvalue weighted by Crippen LogP contribution is 2.33. The van der Waals surface area contributed by atoms with Gasteiger partial charge in [-0.3, -0.25) is 0 Å². The van der Waals surface area contributed by atoms with E-state index in [2.05, 4.69) is 15.1 Å². The van der Waals surface area contributed by atoms with E-state index in [0.29, 0.717) is 27.5 Å². The molecule has 0 fully saturated rings. The summed E-state index contributed by atoms with van der Waals surface area (Å²) in [5.74, 6) is 1.12. The third-order valence-corrected chi connectivity index (χ3v) is 3.68. The van der Waals surface area contributed by atoms with Crippen LogP contribution < -0.4 is 0 Å². The Morgan fingerprint density at radius 2 is 2.00 bits per heavy atom. The molecule has 0 amide bonds. The van der Waals surface area contributed by atoms with Gasteiger partial charge in [0.2, 0.25) is 0 Å². The minimum atomic E-state index is 0.336. The van der Waals surface area contributed by atoms with Gasteiger partial charge in [-0.25, -0.2) is 0 Å². The van der Waals surface area contributed by atoms with Crippen molar-refractivity contribution in [2.75, 3.05) is 0 Å². The number of rotatable bonds is 2. The summed E-state index contributed by atoms with van der Waals surface area (Å²) in [5.41, 5.74) is 2.72. The average Bonchev–Trinajstić information content (AvgIpc) is 2.82. The molecule has 20 heavy (non-hydrogen) atoms. The molecule has 6 heteroatoms. The Labute approximate surface area is 126 Å². The van der Waals surface area contributed by atoms with Crippen molar-refractivity contribution in [2.24, 2.45) is 0 Å². The molecule has 0 unspecified atom stereocenters. The minimum Gasteiger partial charge on any atom is -0.198 e. The molecule has 3 rings (SSSR count). The second-order valence-electron chi connectivity index (χ2n) is 4.53. The summed E-state index contributed by atoms with van der Waals surface area (Å²) in [6.07, 6.45) is 0.719. The molecule has 3 aromatic rings. The van der Waals surface area contributed by atoms with Gasteiger partial charge in [-0.05, 0) is 12.5 Å². The van der Waals surface area contributed by atoms with Gasteiger partial charge in [0, 0.05) is 6.42 Å². The lowest BCUT2D eigenvalue weighted by atomic mass is 10.1. The predicted octanol–water partition coefficient (Wildman–Crippen LogP) is 3.97. The summed E-state index contributed by atoms with van der Waals surface area (Å²) in [5, 5.41) is 5.10. The molecule has 0 aliphatic rings. The van der Waals surface area contributed by atoms with Crippen LogP contribution in [0.1, 0.15) is 18.3 Å². The number of aromatic nitrogens is 4. The Hall–Kier alpha value is -1.65. The largest absolute Gasteiger partial charge is 0.255 e. The van der Waals surface area contributed by atoms with Crippen LogP contribution in [0.25, 0.3) is 16.9 Å². The van der Waals surface area contributed by atoms with Gasteiger partial charge in [-0.2, -0.15) is 14.5 Å². The van der Waals surface area contributed by atoms with Crippen molar-refractivity contribution >= 4 is 29.0 Å². The molecule has 4 nitrogen and oxygen atoms in total. The van der Waals surface area contributed by atoms with E-state index < -0.39 is 0 Å². The molecule has 2 aromatic heterocycles. The molecule has 0 aliphatic carbocycles. The van der Waals surface area contributed by atoms with Crippen molar-refractivity contribution in [3.63, 3.8) is 0 Å². The van der Waals surface area contributed by atoms with Crippen molar-refractivity contribution in [1.29, 1.82) is 0 Å². The zero-order valence-corrected chi connectivity index (χ0v) is 12.6. The number of nitrogens with zero attached hydrogens (tertiary/aromatic N) is 4. The maximum absolute atomic E-state index is 6.44. The van der Waals surface area contributed by atoms with Crippen molar-refractivity contribution in [2.45, 2.75) is 20.3 Å². The number of aryl methyl sites for hydroxylation is 2. The molecule has 0 saturated heterocycles. The smallest absolute Gasteiger partial charge is 0.198 e. The lowest BCUT2D eigenvalue weighted by molar-refractivity contribution is 0.881. The first kappa shape index (κ1) is 13.3. The summed E-state index contributed by atoms with van der Waals surface area (Å²) < 4.78 is 1.53. The summed E-state index contributed by atoms with van der Waals surface area (Å²) in [6.45, 7) is 3.99. The number of hydrogen-bond donors (Lipinski definition) is 0. The predicted molar refractivity (Wildman–Crippen MR) is 80.4 cm³/mol. The molecule has 0 radical (unpaired) electrons. The van der Waals surface area contributed by atoms with E-state index in [9.17, 15) is 0 Å². The van der Waals surface area contributed by atoms with Crippen LogP contribution in [0.5, 0.6) is 0 Å². The molecule has 0 N–H and O–H groups in total. The monoisotopic (exact) mass is 306 g/mol. The van der Waals surface area contributed by atoms with Gasteiger partial charge in [-0.15, -0.1) is 5.10 Å². The van der Waals surface area contributed by atoms with Gasteiger partial charge in [-0.1, -0.05) is 60.0 Å². The molecule has 0 spiro atoms. The highest BCUT2D eigenvalue weighted by Gasteiger charge is 2.17. The quantitative estimate of drug-likeness (QED) is 0.673. The first-order valence-electron chi connectivity index (χ1n) is 6.28. The molecule has 0 aliphatic heterocycles. The topological polar surface area (TPSA) is 43.1 Å². The summed E-state index contributed by atoms with van der Waals surface area (Å²) >= 11 is 12.7. The molecule has 2 heterocycles. The van der Waals surface area contributed by atoms with Crippen molar-refractivity contribution < 1.29 is 0 Å². The normalized spacial score (nSPS) is 11.2. The SMILES string of the molecule is CCc1nc2nc(Cl)c(-c3cccc(C)c3)c(Cl)n2n1. The standard InChI is InChI=1S/C14H12Cl2N4/c1-3-10-17-14-18-12(15)11(13(16)20(14)19-10)9-6-4-5-8(2)7-9/h4-7H,3H2,1-2H3. The maximum atomic E-state index is 6.44. The Morgan fingerprint density at radius 1 is 1.20 bits per heavy atom. The van der Waals surface area contributed by atoms with E-state index in [-0.39, 0.29) is 0 Å². The Morgan fingerprint density at radius 3 is 2.70 bits per heavy atom. The lowest BCUT2D eigenvalue weighted by Crippen LogP contribution is -1.97.